The first-order valence-corrected chi connectivity index (χ1v) is 4.86. The molecule has 2 rings (SSSR count). The number of aryl methyl sites for hydroxylation is 1. The minimum atomic E-state index is 0.810. The van der Waals surface area contributed by atoms with Crippen molar-refractivity contribution < 1.29 is 0 Å². The third kappa shape index (κ3) is 2.31. The lowest BCUT2D eigenvalue weighted by molar-refractivity contribution is 0.646. The molecule has 0 aliphatic heterocycles. The van der Waals surface area contributed by atoms with Crippen molar-refractivity contribution in [3.8, 4) is 0 Å². The molecule has 1 aromatic rings. The van der Waals surface area contributed by atoms with Crippen LogP contribution in [-0.2, 0) is 13.5 Å². The smallest absolute Gasteiger partial charge is 0.109 e. The molecule has 3 heteroatoms. The van der Waals surface area contributed by atoms with Gasteiger partial charge in [-0.15, -0.1) is 0 Å². The Morgan fingerprint density at radius 3 is 2.93 bits per heavy atom. The van der Waals surface area contributed by atoms with Gasteiger partial charge in [0.1, 0.15) is 5.69 Å². The van der Waals surface area contributed by atoms with Crippen LogP contribution < -0.4 is 0 Å². The number of nitrogens with zero attached hydrogens (tertiary/aromatic N) is 3. The largest absolute Gasteiger partial charge is 0.187 e. The highest BCUT2D eigenvalue weighted by Crippen LogP contribution is 2.10. The molecule has 0 aromatic carbocycles. The molecule has 3 nitrogen and oxygen atoms in total. The first-order valence-electron chi connectivity index (χ1n) is 4.86. The Balaban J connectivity index is 2.41. The van der Waals surface area contributed by atoms with E-state index in [0.29, 0.717) is 0 Å². The van der Waals surface area contributed by atoms with E-state index in [-0.39, 0.29) is 0 Å². The summed E-state index contributed by atoms with van der Waals surface area (Å²) in [6, 6.07) is 0. The van der Waals surface area contributed by atoms with Crippen LogP contribution in [0.1, 0.15) is 11.4 Å². The molecule has 76 valence electrons. The molecular formula is C12H13N3. The molecule has 0 radical (unpaired) electrons. The topological polar surface area (TPSA) is 30.7 Å². The Morgan fingerprint density at radius 1 is 1.20 bits per heavy atom. The summed E-state index contributed by atoms with van der Waals surface area (Å²) in [5.74, 6) is 0. The first kappa shape index (κ1) is 9.65. The van der Waals surface area contributed by atoms with Crippen molar-refractivity contribution in [2.45, 2.75) is 6.42 Å². The van der Waals surface area contributed by atoms with Gasteiger partial charge in [-0.05, 0) is 11.6 Å². The SMILES string of the molecule is C=C1C=Cc2nn(C)nc2C/C=C\C=C/1. The Bertz CT molecular complexity index is 461. The van der Waals surface area contributed by atoms with Crippen LogP contribution >= 0.6 is 0 Å². The molecule has 0 saturated heterocycles. The zero-order valence-electron chi connectivity index (χ0n) is 8.72. The van der Waals surface area contributed by atoms with E-state index in [1.165, 1.54) is 0 Å². The molecule has 0 unspecified atom stereocenters. The van der Waals surface area contributed by atoms with Crippen LogP contribution in [0.25, 0.3) is 6.08 Å². The fraction of sp³-hybridized carbons (Fsp3) is 0.167. The standard InChI is InChI=1S/C12H13N3/c1-10-6-4-3-5-7-11-12(9-8-10)14-15(2)13-11/h3-6,8-9H,1,7H2,2H3/b5-3-,6-4-,9-8?. The van der Waals surface area contributed by atoms with Crippen LogP contribution in [0, 0.1) is 0 Å². The molecule has 0 amide bonds. The van der Waals surface area contributed by atoms with Crippen molar-refractivity contribution in [1.29, 1.82) is 0 Å². The van der Waals surface area contributed by atoms with Gasteiger partial charge >= 0.3 is 0 Å². The summed E-state index contributed by atoms with van der Waals surface area (Å²) in [6.45, 7) is 3.91. The number of allylic oxidation sites excluding steroid dienone is 6. The van der Waals surface area contributed by atoms with Crippen molar-refractivity contribution in [2.24, 2.45) is 7.05 Å². The summed E-state index contributed by atoms with van der Waals surface area (Å²) in [7, 11) is 1.83. The van der Waals surface area contributed by atoms with Crippen LogP contribution in [0.5, 0.6) is 0 Å². The molecule has 1 aliphatic rings. The third-order valence-electron chi connectivity index (χ3n) is 2.14. The zero-order chi connectivity index (χ0) is 10.7. The van der Waals surface area contributed by atoms with Crippen LogP contribution in [0.4, 0.5) is 0 Å². The van der Waals surface area contributed by atoms with Gasteiger partial charge in [0.2, 0.25) is 0 Å². The fourth-order valence-electron chi connectivity index (χ4n) is 1.42. The van der Waals surface area contributed by atoms with Crippen molar-refractivity contribution in [3.63, 3.8) is 0 Å². The van der Waals surface area contributed by atoms with Crippen LogP contribution in [-0.4, -0.2) is 15.0 Å². The lowest BCUT2D eigenvalue weighted by Crippen LogP contribution is -1.92. The van der Waals surface area contributed by atoms with Gasteiger partial charge in [-0.1, -0.05) is 37.0 Å². The van der Waals surface area contributed by atoms with Gasteiger partial charge in [0.25, 0.3) is 0 Å². The summed E-state index contributed by atoms with van der Waals surface area (Å²) < 4.78 is 0. The Hall–Kier alpha value is -1.90. The van der Waals surface area contributed by atoms with Crippen molar-refractivity contribution in [1.82, 2.24) is 15.0 Å². The van der Waals surface area contributed by atoms with Gasteiger partial charge in [0, 0.05) is 13.5 Å². The Labute approximate surface area is 89.1 Å². The van der Waals surface area contributed by atoms with E-state index in [9.17, 15) is 0 Å². The average Bonchev–Trinajstić information content (AvgIpc) is 2.56. The van der Waals surface area contributed by atoms with Crippen molar-refractivity contribution >= 4 is 6.08 Å². The molecule has 0 spiro atoms. The van der Waals surface area contributed by atoms with Gasteiger partial charge < -0.3 is 0 Å². The maximum absolute atomic E-state index is 4.30. The highest BCUT2D eigenvalue weighted by molar-refractivity contribution is 5.53. The molecule has 1 aliphatic carbocycles. The quantitative estimate of drug-likeness (QED) is 0.640. The lowest BCUT2D eigenvalue weighted by Gasteiger charge is -1.93. The third-order valence-corrected chi connectivity index (χ3v) is 2.14. The summed E-state index contributed by atoms with van der Waals surface area (Å²) in [4.78, 5) is 1.59. The normalized spacial score (nSPS) is 19.7. The molecule has 0 N–H and O–H groups in total. The van der Waals surface area contributed by atoms with Crippen molar-refractivity contribution in [2.75, 3.05) is 0 Å². The second kappa shape index (κ2) is 4.09. The molecule has 1 heterocycles. The van der Waals surface area contributed by atoms with E-state index < -0.39 is 0 Å². The van der Waals surface area contributed by atoms with E-state index in [2.05, 4.69) is 22.9 Å². The molecule has 0 bridgehead atoms. The van der Waals surface area contributed by atoms with E-state index >= 15 is 0 Å². The van der Waals surface area contributed by atoms with Gasteiger partial charge in [-0.3, -0.25) is 0 Å². The van der Waals surface area contributed by atoms with Crippen LogP contribution in [0.2, 0.25) is 0 Å². The minimum absolute atomic E-state index is 0.810. The highest BCUT2D eigenvalue weighted by Gasteiger charge is 2.04. The van der Waals surface area contributed by atoms with Gasteiger partial charge in [-0.2, -0.15) is 15.0 Å². The number of rotatable bonds is 0. The monoisotopic (exact) mass is 199 g/mol. The van der Waals surface area contributed by atoms with Gasteiger partial charge in [0.05, 0.1) is 5.69 Å². The summed E-state index contributed by atoms with van der Waals surface area (Å²) in [5.41, 5.74) is 2.87. The summed E-state index contributed by atoms with van der Waals surface area (Å²) >= 11 is 0. The van der Waals surface area contributed by atoms with E-state index in [0.717, 1.165) is 23.4 Å². The lowest BCUT2D eigenvalue weighted by atomic mass is 10.1. The molecule has 0 saturated carbocycles. The van der Waals surface area contributed by atoms with Crippen molar-refractivity contribution in [3.05, 3.63) is 53.9 Å². The number of aromatic nitrogens is 3. The fourth-order valence-corrected chi connectivity index (χ4v) is 1.42. The molecular weight excluding hydrogens is 186 g/mol. The average molecular weight is 199 g/mol. The second-order valence-corrected chi connectivity index (χ2v) is 3.42. The van der Waals surface area contributed by atoms with Gasteiger partial charge in [-0.25, -0.2) is 0 Å². The zero-order valence-corrected chi connectivity index (χ0v) is 8.72. The first-order chi connectivity index (χ1) is 7.25. The van der Waals surface area contributed by atoms with Gasteiger partial charge in [0.15, 0.2) is 0 Å². The predicted octanol–water partition coefficient (Wildman–Crippen LogP) is 2.05. The highest BCUT2D eigenvalue weighted by atomic mass is 15.5. The Morgan fingerprint density at radius 2 is 2.07 bits per heavy atom. The number of hydrogen-bond donors (Lipinski definition) is 0. The van der Waals surface area contributed by atoms with E-state index in [1.54, 1.807) is 4.80 Å². The van der Waals surface area contributed by atoms with Crippen LogP contribution in [0.15, 0.2) is 42.5 Å². The summed E-state index contributed by atoms with van der Waals surface area (Å²) in [5, 5.41) is 8.58. The maximum atomic E-state index is 4.30. The van der Waals surface area contributed by atoms with Crippen LogP contribution in [0.3, 0.4) is 0 Å². The molecule has 0 atom stereocenters. The maximum Gasteiger partial charge on any atom is 0.109 e. The van der Waals surface area contributed by atoms with E-state index in [4.69, 9.17) is 0 Å². The second-order valence-electron chi connectivity index (χ2n) is 3.42. The van der Waals surface area contributed by atoms with E-state index in [1.807, 2.05) is 37.4 Å². The minimum Gasteiger partial charge on any atom is -0.187 e. The number of fused-ring (bicyclic) bond motifs is 1. The summed E-state index contributed by atoms with van der Waals surface area (Å²) in [6.07, 6.45) is 12.7. The Kier molecular flexibility index (Phi) is 2.63. The molecule has 15 heavy (non-hydrogen) atoms. The molecule has 1 aromatic heterocycles. The predicted molar refractivity (Wildman–Crippen MR) is 61.2 cm³/mol. The number of hydrogen-bond acceptors (Lipinski definition) is 2. The molecule has 0 fully saturated rings.